The molecule has 0 atom stereocenters. The number of nitrogens with two attached hydrogens (primary N) is 1. The second-order valence-corrected chi connectivity index (χ2v) is 5.76. The Kier molecular flexibility index (Phi) is 9.71. The van der Waals surface area contributed by atoms with E-state index in [0.717, 1.165) is 25.8 Å². The number of rotatable bonds is 12. The third-order valence-electron chi connectivity index (χ3n) is 3.79. The normalized spacial score (nSPS) is 10.5. The third-order valence-corrected chi connectivity index (χ3v) is 3.79. The Balaban J connectivity index is 2.10. The van der Waals surface area contributed by atoms with Crippen LogP contribution in [0.15, 0.2) is 24.3 Å². The number of hydrogen-bond acceptors (Lipinski definition) is 3. The highest BCUT2D eigenvalue weighted by atomic mass is 16.4. The Morgan fingerprint density at radius 1 is 0.913 bits per heavy atom. The van der Waals surface area contributed by atoms with Crippen LogP contribution in [-0.4, -0.2) is 30.1 Å². The summed E-state index contributed by atoms with van der Waals surface area (Å²) < 4.78 is 0. The van der Waals surface area contributed by atoms with Crippen molar-refractivity contribution in [1.82, 2.24) is 5.32 Å². The lowest BCUT2D eigenvalue weighted by molar-refractivity contribution is 0.0697. The van der Waals surface area contributed by atoms with Gasteiger partial charge in [0.25, 0.3) is 5.91 Å². The van der Waals surface area contributed by atoms with Gasteiger partial charge in [-0.05, 0) is 37.6 Å². The van der Waals surface area contributed by atoms with Crippen molar-refractivity contribution in [1.29, 1.82) is 0 Å². The van der Waals surface area contributed by atoms with Crippen molar-refractivity contribution in [2.45, 2.75) is 51.4 Å². The zero-order valence-corrected chi connectivity index (χ0v) is 13.7. The van der Waals surface area contributed by atoms with Crippen molar-refractivity contribution in [2.75, 3.05) is 13.1 Å². The molecule has 0 saturated heterocycles. The summed E-state index contributed by atoms with van der Waals surface area (Å²) in [5.74, 6) is -1.24. The molecule has 128 valence electrons. The number of benzene rings is 1. The fraction of sp³-hybridized carbons (Fsp3) is 0.556. The van der Waals surface area contributed by atoms with Crippen molar-refractivity contribution < 1.29 is 14.7 Å². The molecule has 5 nitrogen and oxygen atoms in total. The zero-order valence-electron chi connectivity index (χ0n) is 13.7. The minimum Gasteiger partial charge on any atom is -0.478 e. The van der Waals surface area contributed by atoms with Crippen molar-refractivity contribution in [2.24, 2.45) is 5.73 Å². The molecule has 0 aliphatic heterocycles. The van der Waals surface area contributed by atoms with Crippen LogP contribution in [-0.2, 0) is 0 Å². The molecule has 0 fully saturated rings. The molecule has 0 bridgehead atoms. The Bertz CT molecular complexity index is 489. The Morgan fingerprint density at radius 3 is 2.09 bits per heavy atom. The molecule has 0 unspecified atom stereocenters. The first-order valence-electron chi connectivity index (χ1n) is 8.47. The first-order chi connectivity index (χ1) is 11.1. The molecule has 0 aromatic heterocycles. The minimum absolute atomic E-state index is 0.132. The molecule has 0 aliphatic rings. The highest BCUT2D eigenvalue weighted by molar-refractivity contribution is 5.97. The second-order valence-electron chi connectivity index (χ2n) is 5.76. The molecule has 0 radical (unpaired) electrons. The number of nitrogens with one attached hydrogen (secondary N) is 1. The standard InChI is InChI=1S/C18H28N2O3/c19-12-7-5-3-1-2-4-6-8-13-20-17(21)15-10-9-11-16(14-15)18(22)23/h9-11,14H,1-8,12-13,19H2,(H,20,21)(H,22,23). The van der Waals surface area contributed by atoms with Gasteiger partial charge in [-0.3, -0.25) is 4.79 Å². The van der Waals surface area contributed by atoms with Gasteiger partial charge < -0.3 is 16.2 Å². The molecule has 4 N–H and O–H groups in total. The van der Waals surface area contributed by atoms with Gasteiger partial charge in [-0.15, -0.1) is 0 Å². The number of hydrogen-bond donors (Lipinski definition) is 3. The molecule has 0 aliphatic carbocycles. The van der Waals surface area contributed by atoms with E-state index < -0.39 is 5.97 Å². The van der Waals surface area contributed by atoms with Crippen molar-refractivity contribution >= 4 is 11.9 Å². The summed E-state index contributed by atoms with van der Waals surface area (Å²) in [6, 6.07) is 6.10. The van der Waals surface area contributed by atoms with Crippen molar-refractivity contribution in [3.8, 4) is 0 Å². The fourth-order valence-electron chi connectivity index (χ4n) is 2.43. The molecule has 1 aromatic carbocycles. The summed E-state index contributed by atoms with van der Waals surface area (Å²) >= 11 is 0. The highest BCUT2D eigenvalue weighted by Gasteiger charge is 2.08. The number of carboxylic acids is 1. The first-order valence-corrected chi connectivity index (χ1v) is 8.47. The van der Waals surface area contributed by atoms with Gasteiger partial charge in [0.05, 0.1) is 5.56 Å². The van der Waals surface area contributed by atoms with E-state index in [1.165, 1.54) is 44.2 Å². The van der Waals surface area contributed by atoms with Crippen LogP contribution in [0.1, 0.15) is 72.1 Å². The van der Waals surface area contributed by atoms with Crippen LogP contribution >= 0.6 is 0 Å². The largest absolute Gasteiger partial charge is 0.478 e. The van der Waals surface area contributed by atoms with E-state index in [1.54, 1.807) is 12.1 Å². The van der Waals surface area contributed by atoms with Gasteiger partial charge in [-0.2, -0.15) is 0 Å². The maximum Gasteiger partial charge on any atom is 0.335 e. The van der Waals surface area contributed by atoms with Gasteiger partial charge in [0.15, 0.2) is 0 Å². The number of carbonyl (C=O) groups is 2. The number of unbranched alkanes of at least 4 members (excludes halogenated alkanes) is 7. The van der Waals surface area contributed by atoms with Crippen LogP contribution in [0.2, 0.25) is 0 Å². The molecule has 1 aromatic rings. The number of aromatic carboxylic acids is 1. The average molecular weight is 320 g/mol. The first kappa shape index (κ1) is 19.2. The highest BCUT2D eigenvalue weighted by Crippen LogP contribution is 2.08. The van der Waals surface area contributed by atoms with E-state index in [9.17, 15) is 9.59 Å². The molecule has 23 heavy (non-hydrogen) atoms. The molecule has 1 rings (SSSR count). The Labute approximate surface area is 138 Å². The molecule has 1 amide bonds. The van der Waals surface area contributed by atoms with Crippen molar-refractivity contribution in [3.05, 3.63) is 35.4 Å². The zero-order chi connectivity index (χ0) is 16.9. The monoisotopic (exact) mass is 320 g/mol. The smallest absolute Gasteiger partial charge is 0.335 e. The summed E-state index contributed by atoms with van der Waals surface area (Å²) in [4.78, 5) is 22.8. The van der Waals surface area contributed by atoms with E-state index >= 15 is 0 Å². The quantitative estimate of drug-likeness (QED) is 0.516. The van der Waals surface area contributed by atoms with Crippen LogP contribution in [0, 0.1) is 0 Å². The van der Waals surface area contributed by atoms with Crippen LogP contribution in [0.4, 0.5) is 0 Å². The lowest BCUT2D eigenvalue weighted by atomic mass is 10.1. The second kappa shape index (κ2) is 11.7. The third kappa shape index (κ3) is 8.35. The molecular formula is C18H28N2O3. The van der Waals surface area contributed by atoms with Crippen LogP contribution in [0.5, 0.6) is 0 Å². The van der Waals surface area contributed by atoms with Crippen LogP contribution in [0.25, 0.3) is 0 Å². The Morgan fingerprint density at radius 2 is 1.48 bits per heavy atom. The van der Waals surface area contributed by atoms with Crippen molar-refractivity contribution in [3.63, 3.8) is 0 Å². The van der Waals surface area contributed by atoms with Gasteiger partial charge in [-0.25, -0.2) is 4.79 Å². The summed E-state index contributed by atoms with van der Waals surface area (Å²) in [6.07, 6.45) is 9.34. The molecule has 5 heteroatoms. The molecule has 0 spiro atoms. The number of carbonyl (C=O) groups excluding carboxylic acids is 1. The Hall–Kier alpha value is -1.88. The maximum absolute atomic E-state index is 11.9. The van der Waals surface area contributed by atoms with E-state index in [0.29, 0.717) is 12.1 Å². The molecular weight excluding hydrogens is 292 g/mol. The summed E-state index contributed by atoms with van der Waals surface area (Å²) in [7, 11) is 0. The maximum atomic E-state index is 11.9. The fourth-order valence-corrected chi connectivity index (χ4v) is 2.43. The molecule has 0 heterocycles. The summed E-state index contributed by atoms with van der Waals surface area (Å²) in [6.45, 7) is 1.42. The van der Waals surface area contributed by atoms with E-state index in [2.05, 4.69) is 5.32 Å². The number of carboxylic acid groups (broad SMARTS) is 1. The van der Waals surface area contributed by atoms with Crippen LogP contribution < -0.4 is 11.1 Å². The van der Waals surface area contributed by atoms with E-state index in [1.807, 2.05) is 0 Å². The lowest BCUT2D eigenvalue weighted by Crippen LogP contribution is -2.24. The predicted octanol–water partition coefficient (Wildman–Crippen LogP) is 3.19. The average Bonchev–Trinajstić information content (AvgIpc) is 2.56. The lowest BCUT2D eigenvalue weighted by Gasteiger charge is -2.06. The minimum atomic E-state index is -1.02. The van der Waals surface area contributed by atoms with Gasteiger partial charge in [-0.1, -0.05) is 44.6 Å². The summed E-state index contributed by atoms with van der Waals surface area (Å²) in [5, 5.41) is 11.8. The number of amides is 1. The topological polar surface area (TPSA) is 92.4 Å². The molecule has 0 saturated carbocycles. The van der Waals surface area contributed by atoms with Crippen LogP contribution in [0.3, 0.4) is 0 Å². The SMILES string of the molecule is NCCCCCCCCCCNC(=O)c1cccc(C(=O)O)c1. The van der Waals surface area contributed by atoms with E-state index in [-0.39, 0.29) is 11.5 Å². The van der Waals surface area contributed by atoms with Gasteiger partial charge in [0, 0.05) is 12.1 Å². The van der Waals surface area contributed by atoms with Gasteiger partial charge in [0.2, 0.25) is 0 Å². The van der Waals surface area contributed by atoms with E-state index in [4.69, 9.17) is 10.8 Å². The van der Waals surface area contributed by atoms with Gasteiger partial charge >= 0.3 is 5.97 Å². The summed E-state index contributed by atoms with van der Waals surface area (Å²) in [5.41, 5.74) is 5.98. The predicted molar refractivity (Wildman–Crippen MR) is 91.7 cm³/mol. The van der Waals surface area contributed by atoms with Gasteiger partial charge in [0.1, 0.15) is 0 Å².